The van der Waals surface area contributed by atoms with Crippen LogP contribution in [0.4, 0.5) is 17.6 Å². The van der Waals surface area contributed by atoms with E-state index >= 15 is 0 Å². The van der Waals surface area contributed by atoms with Gasteiger partial charge in [0.2, 0.25) is 33.2 Å². The molecule has 0 radical (unpaired) electrons. The van der Waals surface area contributed by atoms with Crippen LogP contribution in [-0.2, 0) is 64.4 Å². The standard InChI is InChI=1S/C53H67N10O15PS2/c54-52-59-49-42(50(67)60-52)58-53(63(49)51-46(66)45(65)38(77-51)29-76-79(68,69)70)56-20-6-2-1-5-19-55-40(64)16-4-3-7-21-57-80(71,72)32-17-18-33(39(28-32)81(73,74)75)41-36-26-30-12-8-22-61-24-10-14-34(43(30)61)47(36)78-48-35-15-11-25-62-23-9-13-31(44(35)62)27-37(41)48/h17-18,26-28,38,45-46,51,57,65-66H,1-16,19-25,29H2,(H7-,54,55,56,58,59,60,64,67,68,69,70,73,74,75)/p+1/t38-,45-,46-,51-/m1/s1. The zero-order valence-electron chi connectivity index (χ0n) is 44.6. The number of rotatable bonds is 22. The maximum atomic E-state index is 13.8. The highest BCUT2D eigenvalue weighted by Crippen LogP contribution is 2.49. The smallest absolute Gasteiger partial charge is 0.455 e. The van der Waals surface area contributed by atoms with Crippen molar-refractivity contribution in [2.24, 2.45) is 0 Å². The van der Waals surface area contributed by atoms with Crippen LogP contribution in [0.25, 0.3) is 16.7 Å². The third-order valence-electron chi connectivity index (χ3n) is 16.1. The molecular weight excluding hydrogens is 1110 g/mol. The molecule has 3 aromatic carbocycles. The number of aryl methyl sites for hydroxylation is 2. The number of hydrogen-bond donors (Lipinski definition) is 10. The number of fused-ring (bicyclic) bond motifs is 5. The molecular formula is C53H68N10O15PS2+. The molecule has 1 saturated heterocycles. The van der Waals surface area contributed by atoms with Gasteiger partial charge in [0.15, 0.2) is 17.4 Å². The minimum Gasteiger partial charge on any atom is -0.455 e. The van der Waals surface area contributed by atoms with Crippen LogP contribution >= 0.6 is 7.82 Å². The number of amides is 1. The van der Waals surface area contributed by atoms with Crippen LogP contribution in [0.5, 0.6) is 11.5 Å². The summed E-state index contributed by atoms with van der Waals surface area (Å²) in [6.07, 6.45) is 5.67. The number of nitrogens with one attached hydrogen (secondary N) is 4. The summed E-state index contributed by atoms with van der Waals surface area (Å²) in [5, 5.41) is 29.4. The molecule has 11 N–H and O–H groups in total. The third-order valence-corrected chi connectivity index (χ3v) is 19.0. The SMILES string of the molecule is Nc1nc2c(nc(NCCCCCCNC(=O)CCCCCNS(=O)(=O)c3ccc(C4=c5cc6c7c(c5Oc5c4cc4c8c5CCCN8CCC4)CCC[N+]=7CCC6)c(S(=O)(=O)O)c3)n2[C@@H]2O[C@H](COP(=O)(O)O)[C@@H](O)[C@H]2O)c(=O)[nH]1. The molecule has 81 heavy (non-hydrogen) atoms. The van der Waals surface area contributed by atoms with E-state index in [9.17, 15) is 45.8 Å². The molecule has 1 amide bonds. The number of unbranched alkanes of at least 4 members (excludes halogenated alkanes) is 5. The highest BCUT2D eigenvalue weighted by Gasteiger charge is 2.46. The molecule has 2 aromatic heterocycles. The number of aliphatic hydroxyl groups is 2. The first-order chi connectivity index (χ1) is 38.8. The molecule has 6 aliphatic rings. The number of imidazole rings is 1. The van der Waals surface area contributed by atoms with Crippen molar-refractivity contribution in [3.05, 3.63) is 84.6 Å². The van der Waals surface area contributed by atoms with Gasteiger partial charge in [-0.25, -0.2) is 27.3 Å². The molecule has 5 aromatic rings. The highest BCUT2D eigenvalue weighted by molar-refractivity contribution is 7.89. The number of anilines is 3. The van der Waals surface area contributed by atoms with Crippen LogP contribution in [0.2, 0.25) is 0 Å². The van der Waals surface area contributed by atoms with Gasteiger partial charge in [0.25, 0.3) is 15.7 Å². The lowest BCUT2D eigenvalue weighted by Crippen LogP contribution is -2.45. The number of sulfonamides is 1. The highest BCUT2D eigenvalue weighted by atomic mass is 32.2. The summed E-state index contributed by atoms with van der Waals surface area (Å²) in [4.78, 5) is 56.0. The Hall–Kier alpha value is -5.84. The number of nitrogen functional groups attached to an aromatic ring is 1. The van der Waals surface area contributed by atoms with Crippen molar-refractivity contribution in [1.29, 1.82) is 0 Å². The number of nitrogens with two attached hydrogens (primary N) is 1. The molecule has 8 heterocycles. The van der Waals surface area contributed by atoms with Crippen molar-refractivity contribution in [2.75, 3.05) is 68.4 Å². The average Bonchev–Trinajstić information content (AvgIpc) is 4.11. The van der Waals surface area contributed by atoms with Crippen molar-refractivity contribution in [3.8, 4) is 11.5 Å². The molecule has 4 atom stereocenters. The van der Waals surface area contributed by atoms with E-state index in [2.05, 4.69) is 56.4 Å². The van der Waals surface area contributed by atoms with Crippen LogP contribution in [0.1, 0.15) is 117 Å². The number of carbonyl (C=O) groups is 1. The van der Waals surface area contributed by atoms with Crippen LogP contribution in [0.3, 0.4) is 0 Å². The molecule has 6 aliphatic heterocycles. The molecule has 28 heteroatoms. The number of aromatic nitrogens is 4. The maximum absolute atomic E-state index is 13.8. The Morgan fingerprint density at radius 1 is 0.852 bits per heavy atom. The van der Waals surface area contributed by atoms with E-state index in [0.717, 1.165) is 118 Å². The second-order valence-electron chi connectivity index (χ2n) is 21.6. The Labute approximate surface area is 466 Å². The lowest BCUT2D eigenvalue weighted by molar-refractivity contribution is -0.121. The van der Waals surface area contributed by atoms with Gasteiger partial charge in [0.05, 0.1) is 17.1 Å². The number of hydrogen-bond acceptors (Lipinski definition) is 17. The van der Waals surface area contributed by atoms with Gasteiger partial charge in [-0.2, -0.15) is 13.4 Å². The van der Waals surface area contributed by atoms with Gasteiger partial charge < -0.3 is 50.7 Å². The number of H-pyrrole nitrogens is 1. The number of nitrogens with zero attached hydrogens (tertiary/aromatic N) is 5. The monoisotopic (exact) mass is 1180 g/mol. The predicted molar refractivity (Wildman–Crippen MR) is 297 cm³/mol. The lowest BCUT2D eigenvalue weighted by atomic mass is 9.82. The quantitative estimate of drug-likeness (QED) is 0.0200. The van der Waals surface area contributed by atoms with E-state index in [0.29, 0.717) is 62.3 Å². The Balaban J connectivity index is 0.678. The summed E-state index contributed by atoms with van der Waals surface area (Å²) in [6.45, 7) is 3.90. The fourth-order valence-corrected chi connectivity index (χ4v) is 14.7. The lowest BCUT2D eigenvalue weighted by Gasteiger charge is -2.39. The van der Waals surface area contributed by atoms with Crippen molar-refractivity contribution in [3.63, 3.8) is 0 Å². The van der Waals surface area contributed by atoms with E-state index < -0.39 is 69.6 Å². The topological polar surface area (TPSA) is 363 Å². The summed E-state index contributed by atoms with van der Waals surface area (Å²) in [7, 11) is -14.1. The van der Waals surface area contributed by atoms with E-state index in [1.165, 1.54) is 38.9 Å². The molecule has 436 valence electrons. The largest absolute Gasteiger partial charge is 0.469 e. The zero-order chi connectivity index (χ0) is 57.0. The minimum atomic E-state index is -4.98. The fraction of sp³-hybridized carbons (Fsp3) is 0.528. The summed E-state index contributed by atoms with van der Waals surface area (Å²) < 4.78 is 100. The van der Waals surface area contributed by atoms with Crippen molar-refractivity contribution in [1.82, 2.24) is 34.1 Å². The van der Waals surface area contributed by atoms with Crippen LogP contribution < -0.4 is 51.4 Å². The van der Waals surface area contributed by atoms with Gasteiger partial charge in [-0.1, -0.05) is 25.3 Å². The maximum Gasteiger partial charge on any atom is 0.469 e. The normalized spacial score (nSPS) is 20.4. The number of phosphoric acid groups is 1. The van der Waals surface area contributed by atoms with Gasteiger partial charge >= 0.3 is 7.82 Å². The number of benzene rings is 3. The average molecular weight is 1180 g/mol. The molecule has 1 fully saturated rings. The fourth-order valence-electron chi connectivity index (χ4n) is 12.5. The Morgan fingerprint density at radius 3 is 2.35 bits per heavy atom. The van der Waals surface area contributed by atoms with Gasteiger partial charge in [0.1, 0.15) is 47.8 Å². The second-order valence-corrected chi connectivity index (χ2v) is 26.0. The minimum absolute atomic E-state index is 0.0340. The number of aliphatic hydroxyl groups excluding tert-OH is 2. The Bertz CT molecular complexity index is 3790. The van der Waals surface area contributed by atoms with Crippen molar-refractivity contribution < 1.29 is 64.7 Å². The first-order valence-electron chi connectivity index (χ1n) is 27.8. The third kappa shape index (κ3) is 11.6. The van der Waals surface area contributed by atoms with E-state index in [4.69, 9.17) is 25.0 Å². The van der Waals surface area contributed by atoms with E-state index in [-0.39, 0.29) is 52.4 Å². The van der Waals surface area contributed by atoms with Crippen molar-refractivity contribution >= 4 is 68.2 Å². The molecule has 0 bridgehead atoms. The number of phosphoric ester groups is 1. The molecule has 0 spiro atoms. The predicted octanol–water partition coefficient (Wildman–Crippen LogP) is 1.74. The van der Waals surface area contributed by atoms with Crippen molar-refractivity contribution in [2.45, 2.75) is 137 Å². The van der Waals surface area contributed by atoms with Gasteiger partial charge in [-0.05, 0) is 94.0 Å². The summed E-state index contributed by atoms with van der Waals surface area (Å²) in [5.41, 5.74) is 12.2. The summed E-state index contributed by atoms with van der Waals surface area (Å²) in [5.74, 6) is 1.07. The second kappa shape index (κ2) is 23.1. The number of aromatic amines is 1. The Morgan fingerprint density at radius 2 is 1.57 bits per heavy atom. The van der Waals surface area contributed by atoms with Crippen LogP contribution in [0, 0.1) is 0 Å². The van der Waals surface area contributed by atoms with Gasteiger partial charge in [-0.15, -0.1) is 0 Å². The van der Waals surface area contributed by atoms with Crippen LogP contribution in [0.15, 0.2) is 44.9 Å². The Kier molecular flexibility index (Phi) is 16.2. The van der Waals surface area contributed by atoms with E-state index in [1.54, 1.807) is 0 Å². The molecule has 0 unspecified atom stereocenters. The van der Waals surface area contributed by atoms with Crippen LogP contribution in [-0.4, -0.2) is 138 Å². The summed E-state index contributed by atoms with van der Waals surface area (Å²) >= 11 is 0. The van der Waals surface area contributed by atoms with E-state index in [1.807, 2.05) is 0 Å². The zero-order valence-corrected chi connectivity index (χ0v) is 47.1. The molecule has 25 nitrogen and oxygen atoms in total. The summed E-state index contributed by atoms with van der Waals surface area (Å²) in [6, 6.07) is 8.18. The number of ether oxygens (including phenoxy) is 2. The first-order valence-corrected chi connectivity index (χ1v) is 32.3. The molecule has 11 rings (SSSR count). The molecule has 0 saturated carbocycles. The number of carbonyl (C=O) groups excluding carboxylic acids is 1. The van der Waals surface area contributed by atoms with Gasteiger partial charge in [-0.3, -0.25) is 28.2 Å². The molecule has 0 aliphatic carbocycles. The van der Waals surface area contributed by atoms with Gasteiger partial charge in [0, 0.05) is 90.7 Å². The first kappa shape index (κ1) is 57.0.